The average molecular weight is 321 g/mol. The van der Waals surface area contributed by atoms with E-state index in [-0.39, 0.29) is 18.4 Å². The number of carboxylic acid groups (broad SMARTS) is 1. The first kappa shape index (κ1) is 16.8. The zero-order chi connectivity index (χ0) is 16.2. The maximum Gasteiger partial charge on any atom is 0.303 e. The highest BCUT2D eigenvalue weighted by atomic mass is 16.4. The fourth-order valence-electron chi connectivity index (χ4n) is 5.21. The van der Waals surface area contributed by atoms with Gasteiger partial charge < -0.3 is 10.0 Å². The van der Waals surface area contributed by atoms with Crippen LogP contribution in [0.1, 0.15) is 77.0 Å². The number of carbonyl (C=O) groups is 2. The van der Waals surface area contributed by atoms with Gasteiger partial charge in [0, 0.05) is 24.9 Å². The Bertz CT molecular complexity index is 436. The molecule has 4 unspecified atom stereocenters. The third-order valence-electron chi connectivity index (χ3n) is 6.49. The molecule has 2 saturated carbocycles. The number of fused-ring (bicyclic) bond motifs is 1. The number of carboxylic acids is 1. The van der Waals surface area contributed by atoms with Crippen LogP contribution in [-0.4, -0.2) is 34.5 Å². The Kier molecular flexibility index (Phi) is 5.60. The third kappa shape index (κ3) is 4.07. The zero-order valence-corrected chi connectivity index (χ0v) is 14.2. The molecule has 0 aromatic rings. The molecule has 1 N–H and O–H groups in total. The lowest BCUT2D eigenvalue weighted by Gasteiger charge is -2.43. The first-order valence-corrected chi connectivity index (χ1v) is 9.67. The molecule has 3 aliphatic rings. The highest BCUT2D eigenvalue weighted by Gasteiger charge is 2.38. The smallest absolute Gasteiger partial charge is 0.303 e. The molecule has 3 rings (SSSR count). The van der Waals surface area contributed by atoms with Gasteiger partial charge in [-0.25, -0.2) is 0 Å². The minimum absolute atomic E-state index is 0.163. The first-order valence-electron chi connectivity index (χ1n) is 9.67. The first-order chi connectivity index (χ1) is 11.1. The summed E-state index contributed by atoms with van der Waals surface area (Å²) in [5, 5.41) is 8.94. The van der Waals surface area contributed by atoms with Crippen LogP contribution < -0.4 is 0 Å². The Morgan fingerprint density at radius 2 is 1.65 bits per heavy atom. The number of carbonyl (C=O) groups excluding carboxylic acids is 1. The summed E-state index contributed by atoms with van der Waals surface area (Å²) in [6.45, 7) is 0.841. The summed E-state index contributed by atoms with van der Waals surface area (Å²) in [4.78, 5) is 26.0. The van der Waals surface area contributed by atoms with E-state index in [1.165, 1.54) is 32.1 Å². The molecule has 4 nitrogen and oxygen atoms in total. The molecule has 0 spiro atoms. The van der Waals surface area contributed by atoms with Crippen LogP contribution in [0.25, 0.3) is 0 Å². The van der Waals surface area contributed by atoms with Crippen molar-refractivity contribution in [3.05, 3.63) is 0 Å². The van der Waals surface area contributed by atoms with Crippen LogP contribution in [0.15, 0.2) is 0 Å². The van der Waals surface area contributed by atoms with Gasteiger partial charge >= 0.3 is 5.97 Å². The summed E-state index contributed by atoms with van der Waals surface area (Å²) in [7, 11) is 0. The molecule has 1 heterocycles. The quantitative estimate of drug-likeness (QED) is 0.856. The van der Waals surface area contributed by atoms with Crippen molar-refractivity contribution in [3.8, 4) is 0 Å². The van der Waals surface area contributed by atoms with Gasteiger partial charge in [0.2, 0.25) is 5.91 Å². The monoisotopic (exact) mass is 321 g/mol. The number of hydrogen-bond donors (Lipinski definition) is 1. The van der Waals surface area contributed by atoms with Gasteiger partial charge in [0.05, 0.1) is 0 Å². The number of rotatable bonds is 4. The van der Waals surface area contributed by atoms with Crippen LogP contribution in [0.5, 0.6) is 0 Å². The van der Waals surface area contributed by atoms with Gasteiger partial charge in [-0.05, 0) is 56.8 Å². The molecule has 0 radical (unpaired) electrons. The van der Waals surface area contributed by atoms with Gasteiger partial charge in [-0.15, -0.1) is 0 Å². The van der Waals surface area contributed by atoms with Crippen molar-refractivity contribution in [2.45, 2.75) is 83.1 Å². The van der Waals surface area contributed by atoms with E-state index in [0.717, 1.165) is 50.5 Å². The summed E-state index contributed by atoms with van der Waals surface area (Å²) >= 11 is 0. The topological polar surface area (TPSA) is 57.6 Å². The number of hydrogen-bond acceptors (Lipinski definition) is 2. The molecule has 4 heteroatoms. The lowest BCUT2D eigenvalue weighted by molar-refractivity contribution is -0.144. The molecule has 0 aromatic carbocycles. The summed E-state index contributed by atoms with van der Waals surface area (Å²) in [5.41, 5.74) is 0. The standard InChI is InChI=1S/C19H31NO3/c21-18(22)11-10-17-7-3-4-12-20(17)19(23)16-9-8-14-5-1-2-6-15(14)13-16/h14-17H,1-13H2,(H,21,22). The molecule has 23 heavy (non-hydrogen) atoms. The fraction of sp³-hybridized carbons (Fsp3) is 0.895. The van der Waals surface area contributed by atoms with Crippen LogP contribution in [0, 0.1) is 17.8 Å². The predicted octanol–water partition coefficient (Wildman–Crippen LogP) is 3.84. The lowest BCUT2D eigenvalue weighted by atomic mass is 9.67. The Labute approximate surface area is 139 Å². The molecule has 1 aliphatic heterocycles. The third-order valence-corrected chi connectivity index (χ3v) is 6.49. The van der Waals surface area contributed by atoms with Crippen molar-refractivity contribution < 1.29 is 14.7 Å². The molecule has 4 atom stereocenters. The van der Waals surface area contributed by atoms with E-state index in [4.69, 9.17) is 5.11 Å². The molecule has 1 saturated heterocycles. The Morgan fingerprint density at radius 1 is 0.913 bits per heavy atom. The Morgan fingerprint density at radius 3 is 2.43 bits per heavy atom. The van der Waals surface area contributed by atoms with Crippen molar-refractivity contribution in [2.75, 3.05) is 6.54 Å². The van der Waals surface area contributed by atoms with Crippen molar-refractivity contribution >= 4 is 11.9 Å². The van der Waals surface area contributed by atoms with Crippen molar-refractivity contribution in [1.82, 2.24) is 4.90 Å². The lowest BCUT2D eigenvalue weighted by Crippen LogP contribution is -2.48. The largest absolute Gasteiger partial charge is 0.481 e. The summed E-state index contributed by atoms with van der Waals surface area (Å²) in [6, 6.07) is 0.163. The SMILES string of the molecule is O=C(O)CCC1CCCCN1C(=O)C1CCC2CCCCC2C1. The number of amides is 1. The van der Waals surface area contributed by atoms with E-state index in [1.807, 2.05) is 0 Å². The van der Waals surface area contributed by atoms with Crippen LogP contribution in [0.2, 0.25) is 0 Å². The number of nitrogens with zero attached hydrogens (tertiary/aromatic N) is 1. The van der Waals surface area contributed by atoms with Crippen LogP contribution in [0.4, 0.5) is 0 Å². The number of piperidine rings is 1. The maximum absolute atomic E-state index is 13.1. The van der Waals surface area contributed by atoms with Gasteiger partial charge in [-0.3, -0.25) is 9.59 Å². The van der Waals surface area contributed by atoms with Crippen LogP contribution in [-0.2, 0) is 9.59 Å². The molecule has 1 amide bonds. The van der Waals surface area contributed by atoms with Crippen LogP contribution >= 0.6 is 0 Å². The second kappa shape index (κ2) is 7.67. The minimum atomic E-state index is -0.745. The van der Waals surface area contributed by atoms with E-state index in [0.29, 0.717) is 12.3 Å². The van der Waals surface area contributed by atoms with E-state index in [2.05, 4.69) is 4.90 Å². The molecule has 3 fully saturated rings. The van der Waals surface area contributed by atoms with E-state index in [9.17, 15) is 9.59 Å². The Hall–Kier alpha value is -1.06. The van der Waals surface area contributed by atoms with E-state index >= 15 is 0 Å². The average Bonchev–Trinajstić information content (AvgIpc) is 2.59. The maximum atomic E-state index is 13.1. The predicted molar refractivity (Wildman–Crippen MR) is 89.0 cm³/mol. The minimum Gasteiger partial charge on any atom is -0.481 e. The van der Waals surface area contributed by atoms with E-state index in [1.54, 1.807) is 0 Å². The van der Waals surface area contributed by atoms with Gasteiger partial charge in [-0.2, -0.15) is 0 Å². The molecule has 0 aromatic heterocycles. The normalized spacial score (nSPS) is 34.7. The second-order valence-corrected chi connectivity index (χ2v) is 7.93. The van der Waals surface area contributed by atoms with Gasteiger partial charge in [-0.1, -0.05) is 25.7 Å². The van der Waals surface area contributed by atoms with Crippen molar-refractivity contribution in [2.24, 2.45) is 17.8 Å². The van der Waals surface area contributed by atoms with E-state index < -0.39 is 5.97 Å². The molecule has 2 aliphatic carbocycles. The number of likely N-dealkylation sites (tertiary alicyclic amines) is 1. The van der Waals surface area contributed by atoms with Crippen molar-refractivity contribution in [3.63, 3.8) is 0 Å². The summed E-state index contributed by atoms with van der Waals surface area (Å²) in [5.74, 6) is 1.44. The summed E-state index contributed by atoms with van der Waals surface area (Å²) in [6.07, 6.45) is 12.8. The number of aliphatic carboxylic acids is 1. The van der Waals surface area contributed by atoms with Gasteiger partial charge in [0.15, 0.2) is 0 Å². The van der Waals surface area contributed by atoms with Gasteiger partial charge in [0.1, 0.15) is 0 Å². The van der Waals surface area contributed by atoms with Gasteiger partial charge in [0.25, 0.3) is 0 Å². The highest BCUT2D eigenvalue weighted by molar-refractivity contribution is 5.79. The molecular formula is C19H31NO3. The molecule has 130 valence electrons. The Balaban J connectivity index is 1.59. The fourth-order valence-corrected chi connectivity index (χ4v) is 5.21. The van der Waals surface area contributed by atoms with Crippen LogP contribution in [0.3, 0.4) is 0 Å². The molecule has 0 bridgehead atoms. The second-order valence-electron chi connectivity index (χ2n) is 7.93. The highest BCUT2D eigenvalue weighted by Crippen LogP contribution is 2.43. The van der Waals surface area contributed by atoms with Crippen molar-refractivity contribution in [1.29, 1.82) is 0 Å². The zero-order valence-electron chi connectivity index (χ0n) is 14.2. The summed E-state index contributed by atoms with van der Waals surface area (Å²) < 4.78 is 0. The molecular weight excluding hydrogens is 290 g/mol.